The molecule has 4 rings (SSSR count). The van der Waals surface area contributed by atoms with Gasteiger partial charge in [-0.2, -0.15) is 0 Å². The van der Waals surface area contributed by atoms with Crippen molar-refractivity contribution in [2.75, 3.05) is 11.4 Å². The summed E-state index contributed by atoms with van der Waals surface area (Å²) >= 11 is 5.88. The minimum Gasteiger partial charge on any atom is -0.361 e. The topological polar surface area (TPSA) is 65.2 Å². The van der Waals surface area contributed by atoms with Crippen molar-refractivity contribution >= 4 is 40.0 Å². The molecule has 1 aliphatic rings. The van der Waals surface area contributed by atoms with Crippen molar-refractivity contribution in [3.8, 4) is 0 Å². The van der Waals surface area contributed by atoms with Gasteiger partial charge < -0.3 is 10.3 Å². The van der Waals surface area contributed by atoms with Crippen molar-refractivity contribution in [3.05, 3.63) is 65.3 Å². The highest BCUT2D eigenvalue weighted by atomic mass is 35.5. The zero-order chi connectivity index (χ0) is 18.1. The number of H-pyrrole nitrogens is 1. The SMILES string of the molecule is O=C1C[C@H](NCCc2c[nH]c3ccccc23)C(=O)N1c1ccc(Cl)cc1. The van der Waals surface area contributed by atoms with Gasteiger partial charge in [0.25, 0.3) is 5.91 Å². The molecule has 0 saturated carbocycles. The van der Waals surface area contributed by atoms with E-state index in [1.54, 1.807) is 24.3 Å². The molecule has 6 heteroatoms. The number of aromatic amines is 1. The second-order valence-corrected chi connectivity index (χ2v) is 6.80. The van der Waals surface area contributed by atoms with Gasteiger partial charge in [0.15, 0.2) is 0 Å². The summed E-state index contributed by atoms with van der Waals surface area (Å²) < 4.78 is 0. The zero-order valence-electron chi connectivity index (χ0n) is 14.0. The molecule has 2 aromatic carbocycles. The van der Waals surface area contributed by atoms with Gasteiger partial charge in [-0.25, -0.2) is 4.90 Å². The number of amides is 2. The molecule has 0 bridgehead atoms. The molecule has 1 aromatic heterocycles. The van der Waals surface area contributed by atoms with Crippen molar-refractivity contribution in [1.82, 2.24) is 10.3 Å². The summed E-state index contributed by atoms with van der Waals surface area (Å²) in [6.45, 7) is 0.625. The summed E-state index contributed by atoms with van der Waals surface area (Å²) in [6, 6.07) is 14.4. The van der Waals surface area contributed by atoms with Crippen LogP contribution < -0.4 is 10.2 Å². The molecule has 0 spiro atoms. The molecule has 1 aliphatic heterocycles. The largest absolute Gasteiger partial charge is 0.361 e. The summed E-state index contributed by atoms with van der Waals surface area (Å²) in [7, 11) is 0. The number of para-hydroxylation sites is 1. The van der Waals surface area contributed by atoms with Gasteiger partial charge in [-0.05, 0) is 42.3 Å². The number of carbonyl (C=O) groups excluding carboxylic acids is 2. The second-order valence-electron chi connectivity index (χ2n) is 6.36. The lowest BCUT2D eigenvalue weighted by Crippen LogP contribution is -2.39. The van der Waals surface area contributed by atoms with E-state index in [1.165, 1.54) is 15.8 Å². The first-order valence-electron chi connectivity index (χ1n) is 8.54. The highest BCUT2D eigenvalue weighted by molar-refractivity contribution is 6.30. The Morgan fingerprint density at radius 1 is 1.12 bits per heavy atom. The molecule has 0 radical (unpaired) electrons. The van der Waals surface area contributed by atoms with E-state index in [9.17, 15) is 9.59 Å². The number of benzene rings is 2. The summed E-state index contributed by atoms with van der Waals surface area (Å²) in [4.78, 5) is 29.4. The van der Waals surface area contributed by atoms with Crippen LogP contribution >= 0.6 is 11.6 Å². The minimum atomic E-state index is -0.483. The molecule has 2 heterocycles. The molecule has 3 aromatic rings. The van der Waals surface area contributed by atoms with E-state index in [1.807, 2.05) is 24.4 Å². The fraction of sp³-hybridized carbons (Fsp3) is 0.200. The van der Waals surface area contributed by atoms with Crippen LogP contribution in [0.1, 0.15) is 12.0 Å². The van der Waals surface area contributed by atoms with E-state index in [2.05, 4.69) is 16.4 Å². The number of anilines is 1. The lowest BCUT2D eigenvalue weighted by atomic mass is 10.1. The number of hydrogen-bond donors (Lipinski definition) is 2. The number of imide groups is 1. The van der Waals surface area contributed by atoms with Gasteiger partial charge in [-0.3, -0.25) is 9.59 Å². The maximum Gasteiger partial charge on any atom is 0.251 e. The van der Waals surface area contributed by atoms with E-state index in [4.69, 9.17) is 11.6 Å². The van der Waals surface area contributed by atoms with Crippen LogP contribution in [0.2, 0.25) is 5.02 Å². The molecule has 1 saturated heterocycles. The molecule has 2 N–H and O–H groups in total. The number of fused-ring (bicyclic) bond motifs is 1. The Bertz CT molecular complexity index is 965. The molecule has 26 heavy (non-hydrogen) atoms. The van der Waals surface area contributed by atoms with E-state index in [0.29, 0.717) is 17.3 Å². The smallest absolute Gasteiger partial charge is 0.251 e. The van der Waals surface area contributed by atoms with Gasteiger partial charge in [0.05, 0.1) is 18.2 Å². The first kappa shape index (κ1) is 16.8. The van der Waals surface area contributed by atoms with Crippen LogP contribution in [0.5, 0.6) is 0 Å². The number of carbonyl (C=O) groups is 2. The Morgan fingerprint density at radius 3 is 2.69 bits per heavy atom. The lowest BCUT2D eigenvalue weighted by Gasteiger charge is -2.15. The summed E-state index contributed by atoms with van der Waals surface area (Å²) in [6.07, 6.45) is 2.95. The van der Waals surface area contributed by atoms with Gasteiger partial charge in [0, 0.05) is 28.7 Å². The molecule has 5 nitrogen and oxygen atoms in total. The molecule has 1 atom stereocenters. The predicted molar refractivity (Wildman–Crippen MR) is 102 cm³/mol. The highest BCUT2D eigenvalue weighted by Crippen LogP contribution is 2.24. The van der Waals surface area contributed by atoms with Crippen molar-refractivity contribution in [1.29, 1.82) is 0 Å². The van der Waals surface area contributed by atoms with Crippen molar-refractivity contribution in [2.24, 2.45) is 0 Å². The van der Waals surface area contributed by atoms with Gasteiger partial charge in [0.2, 0.25) is 5.91 Å². The minimum absolute atomic E-state index is 0.176. The Kier molecular flexibility index (Phi) is 4.49. The predicted octanol–water partition coefficient (Wildman–Crippen LogP) is 3.29. The van der Waals surface area contributed by atoms with Crippen LogP contribution in [0.3, 0.4) is 0 Å². The van der Waals surface area contributed by atoms with Crippen LogP contribution in [-0.4, -0.2) is 29.4 Å². The van der Waals surface area contributed by atoms with Crippen molar-refractivity contribution in [2.45, 2.75) is 18.9 Å². The van der Waals surface area contributed by atoms with E-state index in [0.717, 1.165) is 11.9 Å². The monoisotopic (exact) mass is 367 g/mol. The van der Waals surface area contributed by atoms with Gasteiger partial charge in [-0.15, -0.1) is 0 Å². The van der Waals surface area contributed by atoms with Crippen LogP contribution in [0, 0.1) is 0 Å². The van der Waals surface area contributed by atoms with Crippen LogP contribution in [-0.2, 0) is 16.0 Å². The molecular weight excluding hydrogens is 350 g/mol. The quantitative estimate of drug-likeness (QED) is 0.680. The second kappa shape index (κ2) is 6.94. The lowest BCUT2D eigenvalue weighted by molar-refractivity contribution is -0.121. The first-order chi connectivity index (χ1) is 12.6. The molecule has 0 aliphatic carbocycles. The fourth-order valence-corrected chi connectivity index (χ4v) is 3.50. The first-order valence-corrected chi connectivity index (χ1v) is 8.92. The summed E-state index contributed by atoms with van der Waals surface area (Å²) in [5, 5.41) is 4.98. The molecule has 1 fully saturated rings. The van der Waals surface area contributed by atoms with E-state index in [-0.39, 0.29) is 18.2 Å². The standard InChI is InChI=1S/C20H18ClN3O2/c21-14-5-7-15(8-6-14)24-19(25)11-18(20(24)26)22-10-9-13-12-23-17-4-2-1-3-16(13)17/h1-8,12,18,22-23H,9-11H2/t18-/m0/s1. The third-order valence-corrected chi connectivity index (χ3v) is 4.94. The maximum absolute atomic E-state index is 12.6. The van der Waals surface area contributed by atoms with E-state index < -0.39 is 6.04 Å². The molecule has 2 amide bonds. The average molecular weight is 368 g/mol. The van der Waals surface area contributed by atoms with Gasteiger partial charge in [0.1, 0.15) is 0 Å². The number of nitrogens with zero attached hydrogens (tertiary/aromatic N) is 1. The van der Waals surface area contributed by atoms with Crippen LogP contribution in [0.25, 0.3) is 10.9 Å². The Labute approximate surface area is 155 Å². The highest BCUT2D eigenvalue weighted by Gasteiger charge is 2.39. The molecule has 132 valence electrons. The number of halogens is 1. The molecular formula is C20H18ClN3O2. The van der Waals surface area contributed by atoms with Crippen LogP contribution in [0.4, 0.5) is 5.69 Å². The average Bonchev–Trinajstić information content (AvgIpc) is 3.17. The van der Waals surface area contributed by atoms with E-state index >= 15 is 0 Å². The third kappa shape index (κ3) is 3.11. The number of rotatable bonds is 5. The van der Waals surface area contributed by atoms with Gasteiger partial charge in [-0.1, -0.05) is 29.8 Å². The summed E-state index contributed by atoms with van der Waals surface area (Å²) in [5.41, 5.74) is 2.85. The Balaban J connectivity index is 1.40. The third-order valence-electron chi connectivity index (χ3n) is 4.69. The number of nitrogens with one attached hydrogen (secondary N) is 2. The maximum atomic E-state index is 12.6. The van der Waals surface area contributed by atoms with Gasteiger partial charge >= 0.3 is 0 Å². The summed E-state index contributed by atoms with van der Waals surface area (Å²) in [5.74, 6) is -0.404. The number of aromatic nitrogens is 1. The Morgan fingerprint density at radius 2 is 1.88 bits per heavy atom. The van der Waals surface area contributed by atoms with Crippen molar-refractivity contribution in [3.63, 3.8) is 0 Å². The normalized spacial score (nSPS) is 17.4. The molecule has 0 unspecified atom stereocenters. The Hall–Kier alpha value is -2.63. The fourth-order valence-electron chi connectivity index (χ4n) is 3.37. The van der Waals surface area contributed by atoms with Crippen molar-refractivity contribution < 1.29 is 9.59 Å². The zero-order valence-corrected chi connectivity index (χ0v) is 14.8. The van der Waals surface area contributed by atoms with Crippen LogP contribution in [0.15, 0.2) is 54.7 Å². The number of hydrogen-bond acceptors (Lipinski definition) is 3.